The third-order valence-corrected chi connectivity index (χ3v) is 3.67. The van der Waals surface area contributed by atoms with Crippen LogP contribution < -0.4 is 10.5 Å². The lowest BCUT2D eigenvalue weighted by molar-refractivity contribution is -0.388. The van der Waals surface area contributed by atoms with E-state index in [0.29, 0.717) is 17.3 Å². The van der Waals surface area contributed by atoms with Crippen LogP contribution in [0.1, 0.15) is 10.4 Å². The van der Waals surface area contributed by atoms with Crippen LogP contribution in [-0.2, 0) is 0 Å². The van der Waals surface area contributed by atoms with Crippen molar-refractivity contribution >= 4 is 11.6 Å². The molecule has 0 unspecified atom stereocenters. The molecule has 1 heterocycles. The first-order valence-electron chi connectivity index (χ1n) is 7.80. The number of nitrogens with zero attached hydrogens (tertiary/aromatic N) is 4. The predicted molar refractivity (Wildman–Crippen MR) is 92.6 cm³/mol. The average Bonchev–Trinajstić information content (AvgIpc) is 2.67. The minimum Gasteiger partial charge on any atom is -0.398 e. The fourth-order valence-corrected chi connectivity index (χ4v) is 2.52. The number of primary amides is 1. The van der Waals surface area contributed by atoms with E-state index in [-0.39, 0.29) is 0 Å². The Labute approximate surface area is 160 Å². The molecule has 29 heavy (non-hydrogen) atoms. The van der Waals surface area contributed by atoms with Crippen molar-refractivity contribution in [2.45, 2.75) is 6.36 Å². The van der Waals surface area contributed by atoms with E-state index in [4.69, 9.17) is 5.73 Å². The number of nitrogens with two attached hydrogens (primary N) is 1. The number of carbonyl (C=O) groups is 1. The molecule has 12 heteroatoms. The number of hydrogen-bond acceptors (Lipinski definition) is 7. The quantitative estimate of drug-likeness (QED) is 0.509. The lowest BCUT2D eigenvalue weighted by Gasteiger charge is -2.13. The molecule has 3 aromatic rings. The standard InChI is InChI=1S/C17H10F3N5O4/c18-17(19,20)29-12-7-6-10(15(21)26)13(14(12)25(27)28)16-22-8-11(23-24-16)9-4-2-1-3-5-9/h1-8H,(H2,21,26). The van der Waals surface area contributed by atoms with E-state index in [0.717, 1.165) is 6.07 Å². The highest BCUT2D eigenvalue weighted by atomic mass is 19.4. The lowest BCUT2D eigenvalue weighted by atomic mass is 10.0. The van der Waals surface area contributed by atoms with E-state index >= 15 is 0 Å². The normalized spacial score (nSPS) is 11.1. The third kappa shape index (κ3) is 4.26. The molecule has 0 radical (unpaired) electrons. The van der Waals surface area contributed by atoms with Crippen molar-refractivity contribution in [1.29, 1.82) is 0 Å². The van der Waals surface area contributed by atoms with Gasteiger partial charge in [0.25, 0.3) is 0 Å². The van der Waals surface area contributed by atoms with Crippen molar-refractivity contribution in [1.82, 2.24) is 15.2 Å². The van der Waals surface area contributed by atoms with Crippen LogP contribution in [0, 0.1) is 10.1 Å². The number of hydrogen-bond donors (Lipinski definition) is 1. The van der Waals surface area contributed by atoms with E-state index in [9.17, 15) is 28.1 Å². The van der Waals surface area contributed by atoms with Crippen LogP contribution in [0.15, 0.2) is 48.7 Å². The molecule has 0 aliphatic rings. The largest absolute Gasteiger partial charge is 0.573 e. The number of ether oxygens (including phenoxy) is 1. The molecule has 0 bridgehead atoms. The van der Waals surface area contributed by atoms with Gasteiger partial charge in [-0.05, 0) is 12.1 Å². The fraction of sp³-hybridized carbons (Fsp3) is 0.0588. The summed E-state index contributed by atoms with van der Waals surface area (Å²) in [4.78, 5) is 26.0. The molecule has 1 aromatic heterocycles. The molecule has 0 atom stereocenters. The van der Waals surface area contributed by atoms with Crippen LogP contribution in [0.25, 0.3) is 22.6 Å². The number of alkyl halides is 3. The van der Waals surface area contributed by atoms with Gasteiger partial charge >= 0.3 is 12.0 Å². The van der Waals surface area contributed by atoms with E-state index in [1.54, 1.807) is 30.3 Å². The zero-order valence-electron chi connectivity index (χ0n) is 14.3. The molecule has 0 spiro atoms. The van der Waals surface area contributed by atoms with Crippen molar-refractivity contribution in [3.63, 3.8) is 0 Å². The minimum atomic E-state index is -5.20. The Morgan fingerprint density at radius 1 is 1.10 bits per heavy atom. The van der Waals surface area contributed by atoms with Gasteiger partial charge in [0.1, 0.15) is 11.3 Å². The maximum atomic E-state index is 12.6. The summed E-state index contributed by atoms with van der Waals surface area (Å²) in [5, 5.41) is 19.1. The van der Waals surface area contributed by atoms with Crippen LogP contribution in [0.4, 0.5) is 18.9 Å². The molecule has 2 aromatic carbocycles. The fourth-order valence-electron chi connectivity index (χ4n) is 2.52. The number of amides is 1. The van der Waals surface area contributed by atoms with E-state index in [2.05, 4.69) is 19.9 Å². The van der Waals surface area contributed by atoms with Gasteiger partial charge in [-0.15, -0.1) is 23.4 Å². The summed E-state index contributed by atoms with van der Waals surface area (Å²) >= 11 is 0. The summed E-state index contributed by atoms with van der Waals surface area (Å²) in [6.45, 7) is 0. The smallest absolute Gasteiger partial charge is 0.398 e. The minimum absolute atomic E-state index is 0.306. The first-order valence-corrected chi connectivity index (χ1v) is 7.80. The van der Waals surface area contributed by atoms with Gasteiger partial charge in [0.15, 0.2) is 5.82 Å². The molecule has 3 rings (SSSR count). The van der Waals surface area contributed by atoms with Crippen LogP contribution >= 0.6 is 0 Å². The third-order valence-electron chi connectivity index (χ3n) is 3.67. The van der Waals surface area contributed by atoms with E-state index < -0.39 is 45.6 Å². The van der Waals surface area contributed by atoms with Gasteiger partial charge in [-0.3, -0.25) is 14.9 Å². The van der Waals surface area contributed by atoms with Crippen LogP contribution in [-0.4, -0.2) is 32.4 Å². The molecule has 0 saturated heterocycles. The highest BCUT2D eigenvalue weighted by Gasteiger charge is 2.37. The van der Waals surface area contributed by atoms with Crippen molar-refractivity contribution < 1.29 is 27.6 Å². The maximum absolute atomic E-state index is 12.6. The molecule has 0 aliphatic heterocycles. The summed E-state index contributed by atoms with van der Waals surface area (Å²) in [6.07, 6.45) is -3.99. The first-order chi connectivity index (χ1) is 13.7. The van der Waals surface area contributed by atoms with E-state index in [1.165, 1.54) is 6.20 Å². The number of benzene rings is 2. The number of nitro benzene ring substituents is 1. The zero-order valence-corrected chi connectivity index (χ0v) is 14.3. The highest BCUT2D eigenvalue weighted by Crippen LogP contribution is 2.41. The van der Waals surface area contributed by atoms with Gasteiger partial charge in [0, 0.05) is 5.56 Å². The Balaban J connectivity index is 2.19. The number of carbonyl (C=O) groups excluding carboxylic acids is 1. The summed E-state index contributed by atoms with van der Waals surface area (Å²) in [5.74, 6) is -2.73. The van der Waals surface area contributed by atoms with Gasteiger partial charge in [-0.1, -0.05) is 30.3 Å². The number of aromatic nitrogens is 3. The van der Waals surface area contributed by atoms with Gasteiger partial charge in [-0.2, -0.15) is 0 Å². The Morgan fingerprint density at radius 2 is 1.79 bits per heavy atom. The van der Waals surface area contributed by atoms with Crippen molar-refractivity contribution in [2.24, 2.45) is 5.73 Å². The van der Waals surface area contributed by atoms with E-state index in [1.807, 2.05) is 0 Å². The SMILES string of the molecule is NC(=O)c1ccc(OC(F)(F)F)c([N+](=O)[O-])c1-c1ncc(-c2ccccc2)nn1. The molecule has 148 valence electrons. The summed E-state index contributed by atoms with van der Waals surface area (Å²) in [6, 6.07) is 10.1. The maximum Gasteiger partial charge on any atom is 0.573 e. The van der Waals surface area contributed by atoms with Gasteiger partial charge in [0.05, 0.1) is 16.7 Å². The number of nitro groups is 1. The Morgan fingerprint density at radius 3 is 2.31 bits per heavy atom. The second-order valence-electron chi connectivity index (χ2n) is 5.54. The van der Waals surface area contributed by atoms with Crippen LogP contribution in [0.2, 0.25) is 0 Å². The molecular formula is C17H10F3N5O4. The van der Waals surface area contributed by atoms with Crippen molar-refractivity contribution in [3.8, 4) is 28.4 Å². The molecule has 1 amide bonds. The Hall–Kier alpha value is -4.09. The lowest BCUT2D eigenvalue weighted by Crippen LogP contribution is -2.20. The van der Waals surface area contributed by atoms with Gasteiger partial charge in [0.2, 0.25) is 11.7 Å². The average molecular weight is 405 g/mol. The predicted octanol–water partition coefficient (Wildman–Crippen LogP) is 3.11. The second-order valence-corrected chi connectivity index (χ2v) is 5.54. The molecule has 0 fully saturated rings. The monoisotopic (exact) mass is 405 g/mol. The Kier molecular flexibility index (Phi) is 5.08. The van der Waals surface area contributed by atoms with Gasteiger partial charge < -0.3 is 10.5 Å². The van der Waals surface area contributed by atoms with Gasteiger partial charge in [-0.25, -0.2) is 4.98 Å². The first kappa shape index (κ1) is 19.7. The zero-order chi connectivity index (χ0) is 21.2. The molecule has 2 N–H and O–H groups in total. The summed E-state index contributed by atoms with van der Waals surface area (Å²) in [5.41, 5.74) is 3.92. The van der Waals surface area contributed by atoms with Crippen LogP contribution in [0.5, 0.6) is 5.75 Å². The summed E-state index contributed by atoms with van der Waals surface area (Å²) in [7, 11) is 0. The number of halogens is 3. The van der Waals surface area contributed by atoms with Crippen molar-refractivity contribution in [2.75, 3.05) is 0 Å². The topological polar surface area (TPSA) is 134 Å². The van der Waals surface area contributed by atoms with Crippen LogP contribution in [0.3, 0.4) is 0 Å². The molecule has 9 nitrogen and oxygen atoms in total. The highest BCUT2D eigenvalue weighted by molar-refractivity contribution is 6.02. The number of rotatable bonds is 5. The molecule has 0 saturated carbocycles. The summed E-state index contributed by atoms with van der Waals surface area (Å²) < 4.78 is 41.6. The Bertz CT molecular complexity index is 1070. The molecule has 0 aliphatic carbocycles. The van der Waals surface area contributed by atoms with Crippen molar-refractivity contribution in [3.05, 3.63) is 64.3 Å². The molecular weight excluding hydrogens is 395 g/mol. The second kappa shape index (κ2) is 7.50.